The molecule has 0 bridgehead atoms. The van der Waals surface area contributed by atoms with Gasteiger partial charge in [0.1, 0.15) is 0 Å². The minimum Gasteiger partial charge on any atom is -0.480 e. The van der Waals surface area contributed by atoms with Crippen molar-refractivity contribution in [3.63, 3.8) is 0 Å². The minimum atomic E-state index is -1.26. The van der Waals surface area contributed by atoms with Crippen LogP contribution in [0.25, 0.3) is 0 Å². The molecule has 0 aromatic heterocycles. The molecule has 0 heterocycles. The Morgan fingerprint density at radius 1 is 1.31 bits per heavy atom. The van der Waals surface area contributed by atoms with Crippen molar-refractivity contribution in [2.24, 2.45) is 5.92 Å². The number of carboxylic acids is 1. The predicted molar refractivity (Wildman–Crippen MR) is 59.8 cm³/mol. The van der Waals surface area contributed by atoms with Crippen molar-refractivity contribution < 1.29 is 19.8 Å². The van der Waals surface area contributed by atoms with Crippen molar-refractivity contribution in [1.82, 2.24) is 5.32 Å². The molecule has 0 radical (unpaired) electrons. The second kappa shape index (κ2) is 7.64. The Morgan fingerprint density at radius 2 is 1.94 bits per heavy atom. The molecular weight excluding hydrogens is 210 g/mol. The average molecular weight is 227 g/mol. The lowest BCUT2D eigenvalue weighted by molar-refractivity contribution is -0.142. The van der Waals surface area contributed by atoms with Gasteiger partial charge in [-0.2, -0.15) is 0 Å². The summed E-state index contributed by atoms with van der Waals surface area (Å²) in [6.07, 6.45) is 6.33. The third-order valence-corrected chi connectivity index (χ3v) is 1.65. The lowest BCUT2D eigenvalue weighted by Crippen LogP contribution is -2.42. The highest BCUT2D eigenvalue weighted by molar-refractivity contribution is 5.91. The lowest BCUT2D eigenvalue weighted by atomic mass is 10.2. The van der Waals surface area contributed by atoms with E-state index in [0.717, 1.165) is 0 Å². The van der Waals surface area contributed by atoms with E-state index in [1.165, 1.54) is 12.2 Å². The third kappa shape index (κ3) is 6.78. The van der Waals surface area contributed by atoms with Crippen molar-refractivity contribution in [3.8, 4) is 0 Å². The van der Waals surface area contributed by atoms with Gasteiger partial charge in [-0.25, -0.2) is 4.79 Å². The molecule has 90 valence electrons. The van der Waals surface area contributed by atoms with Crippen LogP contribution < -0.4 is 5.32 Å². The van der Waals surface area contributed by atoms with Gasteiger partial charge in [-0.3, -0.25) is 4.79 Å². The number of carbonyl (C=O) groups excluding carboxylic acids is 1. The van der Waals surface area contributed by atoms with Crippen LogP contribution in [0.2, 0.25) is 0 Å². The normalized spacial score (nSPS) is 13.5. The molecule has 0 aliphatic carbocycles. The van der Waals surface area contributed by atoms with E-state index in [4.69, 9.17) is 10.2 Å². The maximum Gasteiger partial charge on any atom is 0.328 e. The van der Waals surface area contributed by atoms with Crippen molar-refractivity contribution >= 4 is 11.9 Å². The Labute approximate surface area is 94.5 Å². The second-order valence-corrected chi connectivity index (χ2v) is 3.57. The SMILES string of the molecule is CC(C)/C=C/C=C/C(=O)N[C@@H](CO)C(=O)O. The quantitative estimate of drug-likeness (QED) is 0.450. The van der Waals surface area contributed by atoms with E-state index in [1.54, 1.807) is 6.08 Å². The molecule has 16 heavy (non-hydrogen) atoms. The first-order chi connectivity index (χ1) is 7.47. The molecule has 0 unspecified atom stereocenters. The summed E-state index contributed by atoms with van der Waals surface area (Å²) in [4.78, 5) is 21.6. The van der Waals surface area contributed by atoms with E-state index in [9.17, 15) is 9.59 Å². The molecule has 1 amide bonds. The molecule has 0 rings (SSSR count). The van der Waals surface area contributed by atoms with Gasteiger partial charge in [0.2, 0.25) is 5.91 Å². The van der Waals surface area contributed by atoms with Crippen molar-refractivity contribution in [2.45, 2.75) is 19.9 Å². The van der Waals surface area contributed by atoms with E-state index in [1.807, 2.05) is 19.9 Å². The van der Waals surface area contributed by atoms with Crippen LogP contribution in [0.15, 0.2) is 24.3 Å². The molecule has 5 nitrogen and oxygen atoms in total. The van der Waals surface area contributed by atoms with Crippen LogP contribution in [0.4, 0.5) is 0 Å². The zero-order valence-corrected chi connectivity index (χ0v) is 9.38. The summed E-state index contributed by atoms with van der Waals surface area (Å²) in [6.45, 7) is 3.37. The zero-order valence-electron chi connectivity index (χ0n) is 9.38. The van der Waals surface area contributed by atoms with Crippen LogP contribution in [0.1, 0.15) is 13.8 Å². The summed E-state index contributed by atoms with van der Waals surface area (Å²) >= 11 is 0. The molecular formula is C11H17NO4. The highest BCUT2D eigenvalue weighted by Gasteiger charge is 2.16. The highest BCUT2D eigenvalue weighted by Crippen LogP contribution is 1.93. The molecule has 5 heteroatoms. The summed E-state index contributed by atoms with van der Waals surface area (Å²) in [5.41, 5.74) is 0. The van der Waals surface area contributed by atoms with E-state index < -0.39 is 24.5 Å². The number of amides is 1. The monoisotopic (exact) mass is 227 g/mol. The maximum absolute atomic E-state index is 11.2. The Balaban J connectivity index is 4.12. The molecule has 0 aliphatic rings. The van der Waals surface area contributed by atoms with Crippen LogP contribution in [0.3, 0.4) is 0 Å². The number of aliphatic hydroxyl groups is 1. The molecule has 0 aromatic rings. The van der Waals surface area contributed by atoms with Gasteiger partial charge in [0.15, 0.2) is 6.04 Å². The third-order valence-electron chi connectivity index (χ3n) is 1.65. The fourth-order valence-electron chi connectivity index (χ4n) is 0.835. The smallest absolute Gasteiger partial charge is 0.328 e. The van der Waals surface area contributed by atoms with Crippen LogP contribution in [0.5, 0.6) is 0 Å². The maximum atomic E-state index is 11.2. The first kappa shape index (κ1) is 14.4. The number of carboxylic acid groups (broad SMARTS) is 1. The number of allylic oxidation sites excluding steroid dienone is 3. The summed E-state index contributed by atoms with van der Waals surface area (Å²) in [5.74, 6) is -1.42. The van der Waals surface area contributed by atoms with Crippen molar-refractivity contribution in [1.29, 1.82) is 0 Å². The van der Waals surface area contributed by atoms with Crippen LogP contribution in [0, 0.1) is 5.92 Å². The van der Waals surface area contributed by atoms with Gasteiger partial charge in [0.25, 0.3) is 0 Å². The lowest BCUT2D eigenvalue weighted by Gasteiger charge is -2.08. The largest absolute Gasteiger partial charge is 0.480 e. The zero-order chi connectivity index (χ0) is 12.6. The van der Waals surface area contributed by atoms with Gasteiger partial charge in [-0.1, -0.05) is 32.1 Å². The Bertz CT molecular complexity index is 294. The number of aliphatic carboxylic acids is 1. The van der Waals surface area contributed by atoms with Gasteiger partial charge in [0.05, 0.1) is 6.61 Å². The number of nitrogens with one attached hydrogen (secondary N) is 1. The summed E-state index contributed by atoms with van der Waals surface area (Å²) in [6, 6.07) is -1.26. The first-order valence-electron chi connectivity index (χ1n) is 4.96. The topological polar surface area (TPSA) is 86.6 Å². The molecule has 0 saturated heterocycles. The Hall–Kier alpha value is -1.62. The van der Waals surface area contributed by atoms with Crippen molar-refractivity contribution in [3.05, 3.63) is 24.3 Å². The fourth-order valence-corrected chi connectivity index (χ4v) is 0.835. The number of carbonyl (C=O) groups is 2. The van der Waals surface area contributed by atoms with E-state index in [-0.39, 0.29) is 0 Å². The van der Waals surface area contributed by atoms with Gasteiger partial charge in [0, 0.05) is 6.08 Å². The fraction of sp³-hybridized carbons (Fsp3) is 0.455. The standard InChI is InChI=1S/C11H17NO4/c1-8(2)5-3-4-6-10(14)12-9(7-13)11(15)16/h3-6,8-9,13H,7H2,1-2H3,(H,12,14)(H,15,16)/b5-3+,6-4+/t9-/m0/s1. The molecule has 0 aliphatic heterocycles. The summed E-state index contributed by atoms with van der Waals surface area (Å²) in [7, 11) is 0. The molecule has 0 aromatic carbocycles. The number of hydrogen-bond acceptors (Lipinski definition) is 3. The van der Waals surface area contributed by atoms with Gasteiger partial charge < -0.3 is 15.5 Å². The Kier molecular flexibility index (Phi) is 6.87. The van der Waals surface area contributed by atoms with E-state index >= 15 is 0 Å². The Morgan fingerprint density at radius 3 is 2.38 bits per heavy atom. The van der Waals surface area contributed by atoms with Crippen molar-refractivity contribution in [2.75, 3.05) is 6.61 Å². The summed E-state index contributed by atoms with van der Waals surface area (Å²) < 4.78 is 0. The molecule has 0 saturated carbocycles. The number of rotatable bonds is 6. The average Bonchev–Trinajstić information content (AvgIpc) is 2.20. The van der Waals surface area contributed by atoms with Gasteiger partial charge >= 0.3 is 5.97 Å². The van der Waals surface area contributed by atoms with Gasteiger partial charge in [-0.15, -0.1) is 0 Å². The van der Waals surface area contributed by atoms with Crippen LogP contribution in [-0.2, 0) is 9.59 Å². The van der Waals surface area contributed by atoms with Crippen LogP contribution >= 0.6 is 0 Å². The highest BCUT2D eigenvalue weighted by atomic mass is 16.4. The molecule has 0 fully saturated rings. The molecule has 0 spiro atoms. The van der Waals surface area contributed by atoms with E-state index in [0.29, 0.717) is 5.92 Å². The predicted octanol–water partition coefficient (Wildman–Crippen LogP) is 0.317. The van der Waals surface area contributed by atoms with E-state index in [2.05, 4.69) is 5.32 Å². The van der Waals surface area contributed by atoms with Crippen LogP contribution in [-0.4, -0.2) is 34.7 Å². The molecule has 1 atom stereocenters. The second-order valence-electron chi connectivity index (χ2n) is 3.57. The minimum absolute atomic E-state index is 0.386. The number of hydrogen-bond donors (Lipinski definition) is 3. The number of aliphatic hydroxyl groups excluding tert-OH is 1. The molecule has 3 N–H and O–H groups in total. The summed E-state index contributed by atoms with van der Waals surface area (Å²) in [5, 5.41) is 19.4. The first-order valence-corrected chi connectivity index (χ1v) is 4.96. The van der Waals surface area contributed by atoms with Gasteiger partial charge in [-0.05, 0) is 5.92 Å².